The third kappa shape index (κ3) is 2.55. The number of hydrogen-bond acceptors (Lipinski definition) is 4. The molecular formula is C17H12N2O2. The Hall–Kier alpha value is -2.90. The molecule has 0 saturated heterocycles. The van der Waals surface area contributed by atoms with Crippen molar-refractivity contribution in [2.75, 3.05) is 0 Å². The standard InChI is InChI=1S/C17H12N2O2/c18-9-12-7-8-17(19-10-12)21-16-6-2-4-14-13(11-20)3-1-5-15(14)16/h1-8,10,20H,11H2. The topological polar surface area (TPSA) is 66.1 Å². The van der Waals surface area contributed by atoms with E-state index in [1.165, 1.54) is 6.20 Å². The second kappa shape index (κ2) is 5.61. The molecule has 1 N–H and O–H groups in total. The third-order valence-corrected chi connectivity index (χ3v) is 3.22. The number of nitriles is 1. The Morgan fingerprint density at radius 2 is 1.86 bits per heavy atom. The van der Waals surface area contributed by atoms with E-state index in [1.807, 2.05) is 42.5 Å². The van der Waals surface area contributed by atoms with Crippen LogP contribution >= 0.6 is 0 Å². The molecule has 0 saturated carbocycles. The molecule has 4 nitrogen and oxygen atoms in total. The highest BCUT2D eigenvalue weighted by Crippen LogP contribution is 2.30. The first-order valence-corrected chi connectivity index (χ1v) is 6.47. The van der Waals surface area contributed by atoms with Crippen LogP contribution in [0.1, 0.15) is 11.1 Å². The minimum Gasteiger partial charge on any atom is -0.438 e. The predicted molar refractivity (Wildman–Crippen MR) is 78.9 cm³/mol. The highest BCUT2D eigenvalue weighted by Gasteiger charge is 2.07. The maximum absolute atomic E-state index is 9.39. The van der Waals surface area contributed by atoms with Crippen molar-refractivity contribution in [3.63, 3.8) is 0 Å². The van der Waals surface area contributed by atoms with Gasteiger partial charge in [0.25, 0.3) is 0 Å². The molecule has 0 aliphatic heterocycles. The smallest absolute Gasteiger partial charge is 0.219 e. The van der Waals surface area contributed by atoms with Gasteiger partial charge in [-0.25, -0.2) is 4.98 Å². The van der Waals surface area contributed by atoms with E-state index in [4.69, 9.17) is 10.00 Å². The van der Waals surface area contributed by atoms with Crippen molar-refractivity contribution in [2.24, 2.45) is 0 Å². The average Bonchev–Trinajstić information content (AvgIpc) is 2.55. The van der Waals surface area contributed by atoms with Crippen molar-refractivity contribution in [3.05, 3.63) is 65.9 Å². The van der Waals surface area contributed by atoms with Crippen LogP contribution in [0.15, 0.2) is 54.7 Å². The van der Waals surface area contributed by atoms with Gasteiger partial charge in [-0.15, -0.1) is 0 Å². The predicted octanol–water partition coefficient (Wildman–Crippen LogP) is 3.39. The van der Waals surface area contributed by atoms with Crippen LogP contribution in [-0.2, 0) is 6.61 Å². The van der Waals surface area contributed by atoms with Crippen molar-refractivity contribution >= 4 is 10.8 Å². The summed E-state index contributed by atoms with van der Waals surface area (Å²) in [6.45, 7) is -0.0179. The van der Waals surface area contributed by atoms with Gasteiger partial charge in [-0.05, 0) is 23.1 Å². The Kier molecular flexibility index (Phi) is 3.50. The molecular weight excluding hydrogens is 264 g/mol. The Balaban J connectivity index is 2.02. The number of aliphatic hydroxyl groups excluding tert-OH is 1. The molecule has 102 valence electrons. The monoisotopic (exact) mass is 276 g/mol. The number of fused-ring (bicyclic) bond motifs is 1. The van der Waals surface area contributed by atoms with Crippen LogP contribution in [0.4, 0.5) is 0 Å². The van der Waals surface area contributed by atoms with Crippen LogP contribution in [-0.4, -0.2) is 10.1 Å². The molecule has 2 aromatic carbocycles. The molecule has 1 heterocycles. The van der Waals surface area contributed by atoms with Gasteiger partial charge in [-0.3, -0.25) is 0 Å². The zero-order valence-electron chi connectivity index (χ0n) is 11.2. The molecule has 0 amide bonds. The summed E-state index contributed by atoms with van der Waals surface area (Å²) >= 11 is 0. The Labute approximate surface area is 121 Å². The summed E-state index contributed by atoms with van der Waals surface area (Å²) in [7, 11) is 0. The average molecular weight is 276 g/mol. The fourth-order valence-corrected chi connectivity index (χ4v) is 2.19. The van der Waals surface area contributed by atoms with Gasteiger partial charge in [0.05, 0.1) is 12.2 Å². The summed E-state index contributed by atoms with van der Waals surface area (Å²) in [6, 6.07) is 16.7. The summed E-state index contributed by atoms with van der Waals surface area (Å²) < 4.78 is 5.79. The van der Waals surface area contributed by atoms with Crippen LogP contribution < -0.4 is 4.74 Å². The number of nitrogens with zero attached hydrogens (tertiary/aromatic N) is 2. The number of rotatable bonds is 3. The van der Waals surface area contributed by atoms with Crippen molar-refractivity contribution in [1.29, 1.82) is 5.26 Å². The van der Waals surface area contributed by atoms with E-state index in [9.17, 15) is 5.11 Å². The van der Waals surface area contributed by atoms with Gasteiger partial charge >= 0.3 is 0 Å². The highest BCUT2D eigenvalue weighted by molar-refractivity contribution is 5.91. The lowest BCUT2D eigenvalue weighted by Crippen LogP contribution is -1.91. The molecule has 0 aliphatic rings. The van der Waals surface area contributed by atoms with Crippen LogP contribution in [0.2, 0.25) is 0 Å². The summed E-state index contributed by atoms with van der Waals surface area (Å²) in [5.74, 6) is 1.09. The molecule has 3 aromatic rings. The maximum atomic E-state index is 9.39. The fourth-order valence-electron chi connectivity index (χ4n) is 2.19. The molecule has 0 radical (unpaired) electrons. The zero-order chi connectivity index (χ0) is 14.7. The summed E-state index contributed by atoms with van der Waals surface area (Å²) in [5, 5.41) is 20.0. The molecule has 3 rings (SSSR count). The minimum atomic E-state index is -0.0179. The van der Waals surface area contributed by atoms with Crippen LogP contribution in [0.3, 0.4) is 0 Å². The minimum absolute atomic E-state index is 0.0179. The largest absolute Gasteiger partial charge is 0.438 e. The molecule has 0 aliphatic carbocycles. The Morgan fingerprint density at radius 1 is 1.05 bits per heavy atom. The lowest BCUT2D eigenvalue weighted by molar-refractivity contribution is 0.283. The van der Waals surface area contributed by atoms with Crippen molar-refractivity contribution in [1.82, 2.24) is 4.98 Å². The maximum Gasteiger partial charge on any atom is 0.219 e. The van der Waals surface area contributed by atoms with Gasteiger partial charge in [0.2, 0.25) is 5.88 Å². The summed E-state index contributed by atoms with van der Waals surface area (Å²) in [6.07, 6.45) is 1.47. The lowest BCUT2D eigenvalue weighted by Gasteiger charge is -2.10. The first-order valence-electron chi connectivity index (χ1n) is 6.47. The molecule has 0 fully saturated rings. The number of aliphatic hydroxyl groups is 1. The van der Waals surface area contributed by atoms with Crippen molar-refractivity contribution in [3.8, 4) is 17.7 Å². The normalized spacial score (nSPS) is 10.3. The summed E-state index contributed by atoms with van der Waals surface area (Å²) in [5.41, 5.74) is 1.34. The SMILES string of the molecule is N#Cc1ccc(Oc2cccc3c(CO)cccc23)nc1. The van der Waals surface area contributed by atoms with E-state index >= 15 is 0 Å². The zero-order valence-corrected chi connectivity index (χ0v) is 11.2. The van der Waals surface area contributed by atoms with Gasteiger partial charge in [0, 0.05) is 17.6 Å². The highest BCUT2D eigenvalue weighted by atomic mass is 16.5. The van der Waals surface area contributed by atoms with Crippen molar-refractivity contribution < 1.29 is 9.84 Å². The quantitative estimate of drug-likeness (QED) is 0.796. The first-order chi connectivity index (χ1) is 10.3. The van der Waals surface area contributed by atoms with E-state index in [1.54, 1.807) is 12.1 Å². The Morgan fingerprint density at radius 3 is 2.57 bits per heavy atom. The van der Waals surface area contributed by atoms with E-state index in [0.717, 1.165) is 16.3 Å². The molecule has 1 aromatic heterocycles. The molecule has 0 spiro atoms. The van der Waals surface area contributed by atoms with Crippen LogP contribution in [0.25, 0.3) is 10.8 Å². The van der Waals surface area contributed by atoms with E-state index < -0.39 is 0 Å². The third-order valence-electron chi connectivity index (χ3n) is 3.22. The van der Waals surface area contributed by atoms with Gasteiger partial charge < -0.3 is 9.84 Å². The number of ether oxygens (including phenoxy) is 1. The second-order valence-electron chi connectivity index (χ2n) is 4.53. The summed E-state index contributed by atoms with van der Waals surface area (Å²) in [4.78, 5) is 4.10. The van der Waals surface area contributed by atoms with Crippen molar-refractivity contribution in [2.45, 2.75) is 6.61 Å². The van der Waals surface area contributed by atoms with Crippen LogP contribution in [0.5, 0.6) is 11.6 Å². The molecule has 0 atom stereocenters. The Bertz CT molecular complexity index is 820. The van der Waals surface area contributed by atoms with Gasteiger partial charge in [0.15, 0.2) is 0 Å². The van der Waals surface area contributed by atoms with E-state index in [-0.39, 0.29) is 6.61 Å². The number of aromatic nitrogens is 1. The molecule has 0 unspecified atom stereocenters. The molecule has 0 bridgehead atoms. The van der Waals surface area contributed by atoms with Gasteiger partial charge in [-0.1, -0.05) is 30.3 Å². The van der Waals surface area contributed by atoms with Gasteiger partial charge in [0.1, 0.15) is 11.8 Å². The van der Waals surface area contributed by atoms with E-state index in [0.29, 0.717) is 17.2 Å². The molecule has 4 heteroatoms. The molecule has 21 heavy (non-hydrogen) atoms. The fraction of sp³-hybridized carbons (Fsp3) is 0.0588. The number of pyridine rings is 1. The number of benzene rings is 2. The van der Waals surface area contributed by atoms with Crippen LogP contribution in [0, 0.1) is 11.3 Å². The second-order valence-corrected chi connectivity index (χ2v) is 4.53. The number of hydrogen-bond donors (Lipinski definition) is 1. The van der Waals surface area contributed by atoms with E-state index in [2.05, 4.69) is 4.98 Å². The lowest BCUT2D eigenvalue weighted by atomic mass is 10.0. The first kappa shape index (κ1) is 13.1. The van der Waals surface area contributed by atoms with Gasteiger partial charge in [-0.2, -0.15) is 5.26 Å².